The van der Waals surface area contributed by atoms with Crippen LogP contribution < -0.4 is 10.1 Å². The Kier molecular flexibility index (Phi) is 3.37. The molecule has 3 atom stereocenters. The third-order valence-corrected chi connectivity index (χ3v) is 4.65. The zero-order valence-electron chi connectivity index (χ0n) is 13.0. The molecule has 1 fully saturated rings. The highest BCUT2D eigenvalue weighted by Gasteiger charge is 2.34. The van der Waals surface area contributed by atoms with Crippen LogP contribution in [0, 0.1) is 0 Å². The lowest BCUT2D eigenvalue weighted by atomic mass is 9.94. The Hall–Kier alpha value is -1.88. The average Bonchev–Trinajstić information content (AvgIpc) is 3.19. The summed E-state index contributed by atoms with van der Waals surface area (Å²) < 4.78 is 11.4. The Balaban J connectivity index is 1.37. The number of ether oxygens (including phenoxy) is 1. The topological polar surface area (TPSA) is 60.2 Å². The minimum absolute atomic E-state index is 0.132. The lowest BCUT2D eigenvalue weighted by Crippen LogP contribution is -2.41. The van der Waals surface area contributed by atoms with Crippen LogP contribution in [0.3, 0.4) is 0 Å². The maximum Gasteiger partial charge on any atom is 0.229 e. The molecule has 1 saturated carbocycles. The predicted octanol–water partition coefficient (Wildman–Crippen LogP) is 2.99. The van der Waals surface area contributed by atoms with E-state index in [4.69, 9.17) is 9.26 Å². The SMILES string of the molecule is CC(NCc1noc(C2CC2)n1)C1Oc2ccccc2C1C. The van der Waals surface area contributed by atoms with Crippen molar-refractivity contribution in [1.82, 2.24) is 15.5 Å². The largest absolute Gasteiger partial charge is 0.488 e. The quantitative estimate of drug-likeness (QED) is 0.919. The molecule has 0 radical (unpaired) electrons. The number of fused-ring (bicyclic) bond motifs is 1. The Morgan fingerprint density at radius 1 is 1.32 bits per heavy atom. The first-order chi connectivity index (χ1) is 10.7. The Labute approximate surface area is 130 Å². The standard InChI is InChI=1S/C17H21N3O2/c1-10-13-5-3-4-6-14(13)21-16(10)11(2)18-9-15-19-17(22-20-15)12-7-8-12/h3-6,10-12,16,18H,7-9H2,1-2H3. The number of hydrogen-bond donors (Lipinski definition) is 1. The van der Waals surface area contributed by atoms with Gasteiger partial charge in [-0.3, -0.25) is 0 Å². The predicted molar refractivity (Wildman–Crippen MR) is 81.8 cm³/mol. The van der Waals surface area contributed by atoms with Crippen LogP contribution in [0.25, 0.3) is 0 Å². The number of para-hydroxylation sites is 1. The second kappa shape index (κ2) is 5.39. The highest BCUT2D eigenvalue weighted by molar-refractivity contribution is 5.40. The minimum atomic E-state index is 0.132. The zero-order chi connectivity index (χ0) is 15.1. The monoisotopic (exact) mass is 299 g/mol. The van der Waals surface area contributed by atoms with Crippen LogP contribution in [0.1, 0.15) is 55.8 Å². The summed E-state index contributed by atoms with van der Waals surface area (Å²) in [6.07, 6.45) is 2.49. The van der Waals surface area contributed by atoms with Gasteiger partial charge in [0.05, 0.1) is 6.54 Å². The molecule has 0 spiro atoms. The molecule has 2 aliphatic rings. The Morgan fingerprint density at radius 2 is 2.14 bits per heavy atom. The minimum Gasteiger partial charge on any atom is -0.488 e. The van der Waals surface area contributed by atoms with Crippen molar-refractivity contribution in [2.45, 2.75) is 57.2 Å². The molecule has 4 rings (SSSR count). The summed E-state index contributed by atoms with van der Waals surface area (Å²) in [5.41, 5.74) is 1.29. The van der Waals surface area contributed by atoms with E-state index in [1.165, 1.54) is 18.4 Å². The van der Waals surface area contributed by atoms with E-state index in [0.29, 0.717) is 18.4 Å². The molecule has 0 saturated heterocycles. The Morgan fingerprint density at radius 3 is 2.91 bits per heavy atom. The summed E-state index contributed by atoms with van der Waals surface area (Å²) in [5.74, 6) is 3.42. The lowest BCUT2D eigenvalue weighted by molar-refractivity contribution is 0.165. The Bertz CT molecular complexity index is 665. The van der Waals surface area contributed by atoms with E-state index in [9.17, 15) is 0 Å². The van der Waals surface area contributed by atoms with Crippen LogP contribution in [0.5, 0.6) is 5.75 Å². The third-order valence-electron chi connectivity index (χ3n) is 4.65. The van der Waals surface area contributed by atoms with Gasteiger partial charge >= 0.3 is 0 Å². The van der Waals surface area contributed by atoms with Crippen molar-refractivity contribution >= 4 is 0 Å². The van der Waals surface area contributed by atoms with Gasteiger partial charge in [-0.1, -0.05) is 30.3 Å². The molecule has 1 aromatic heterocycles. The van der Waals surface area contributed by atoms with E-state index in [1.54, 1.807) is 0 Å². The van der Waals surface area contributed by atoms with Crippen molar-refractivity contribution in [1.29, 1.82) is 0 Å². The van der Waals surface area contributed by atoms with Gasteiger partial charge in [0.25, 0.3) is 0 Å². The van der Waals surface area contributed by atoms with Crippen molar-refractivity contribution in [2.75, 3.05) is 0 Å². The van der Waals surface area contributed by atoms with Gasteiger partial charge in [-0.25, -0.2) is 0 Å². The first-order valence-electron chi connectivity index (χ1n) is 8.04. The zero-order valence-corrected chi connectivity index (χ0v) is 13.0. The van der Waals surface area contributed by atoms with Gasteiger partial charge in [-0.05, 0) is 25.8 Å². The summed E-state index contributed by atoms with van der Waals surface area (Å²) in [7, 11) is 0. The molecular formula is C17H21N3O2. The van der Waals surface area contributed by atoms with Crippen LogP contribution in [-0.2, 0) is 6.54 Å². The number of nitrogens with zero attached hydrogens (tertiary/aromatic N) is 2. The normalized spacial score (nSPS) is 24.8. The number of aromatic nitrogens is 2. The van der Waals surface area contributed by atoms with Crippen LogP contribution in [0.2, 0.25) is 0 Å². The fourth-order valence-electron chi connectivity index (χ4n) is 3.13. The van der Waals surface area contributed by atoms with Crippen LogP contribution in [0.15, 0.2) is 28.8 Å². The first-order valence-corrected chi connectivity index (χ1v) is 8.04. The highest BCUT2D eigenvalue weighted by Crippen LogP contribution is 2.39. The van der Waals surface area contributed by atoms with Crippen molar-refractivity contribution in [3.05, 3.63) is 41.5 Å². The van der Waals surface area contributed by atoms with E-state index in [-0.39, 0.29) is 12.1 Å². The number of hydrogen-bond acceptors (Lipinski definition) is 5. The molecule has 1 aromatic carbocycles. The van der Waals surface area contributed by atoms with Gasteiger partial charge < -0.3 is 14.6 Å². The lowest BCUT2D eigenvalue weighted by Gasteiger charge is -2.23. The van der Waals surface area contributed by atoms with E-state index < -0.39 is 0 Å². The van der Waals surface area contributed by atoms with Crippen LogP contribution in [0.4, 0.5) is 0 Å². The van der Waals surface area contributed by atoms with Crippen LogP contribution in [-0.4, -0.2) is 22.3 Å². The van der Waals surface area contributed by atoms with Gasteiger partial charge in [0, 0.05) is 23.4 Å². The molecule has 1 aliphatic carbocycles. The molecule has 5 heteroatoms. The van der Waals surface area contributed by atoms with Crippen molar-refractivity contribution in [2.24, 2.45) is 0 Å². The maximum atomic E-state index is 6.10. The maximum absolute atomic E-state index is 6.10. The van der Waals surface area contributed by atoms with E-state index in [0.717, 1.165) is 17.5 Å². The van der Waals surface area contributed by atoms with Gasteiger partial charge in [-0.15, -0.1) is 0 Å². The molecule has 3 unspecified atom stereocenters. The molecular weight excluding hydrogens is 278 g/mol. The molecule has 1 aliphatic heterocycles. The first kappa shape index (κ1) is 13.8. The molecule has 2 aromatic rings. The molecule has 0 bridgehead atoms. The van der Waals surface area contributed by atoms with Gasteiger partial charge in [0.15, 0.2) is 5.82 Å². The second-order valence-electron chi connectivity index (χ2n) is 6.40. The van der Waals surface area contributed by atoms with Gasteiger partial charge in [-0.2, -0.15) is 4.98 Å². The van der Waals surface area contributed by atoms with Crippen molar-refractivity contribution in [3.63, 3.8) is 0 Å². The summed E-state index contributed by atoms with van der Waals surface area (Å²) in [5, 5.41) is 7.51. The van der Waals surface area contributed by atoms with Gasteiger partial charge in [0.1, 0.15) is 11.9 Å². The van der Waals surface area contributed by atoms with Gasteiger partial charge in [0.2, 0.25) is 5.89 Å². The molecule has 1 N–H and O–H groups in total. The number of rotatable bonds is 5. The van der Waals surface area contributed by atoms with E-state index >= 15 is 0 Å². The summed E-state index contributed by atoms with van der Waals surface area (Å²) >= 11 is 0. The van der Waals surface area contributed by atoms with E-state index in [2.05, 4.69) is 41.4 Å². The summed E-state index contributed by atoms with van der Waals surface area (Å²) in [4.78, 5) is 4.45. The molecule has 2 heterocycles. The number of benzene rings is 1. The highest BCUT2D eigenvalue weighted by atomic mass is 16.5. The summed E-state index contributed by atoms with van der Waals surface area (Å²) in [6.45, 7) is 4.98. The second-order valence-corrected chi connectivity index (χ2v) is 6.40. The molecule has 0 amide bonds. The number of nitrogens with one attached hydrogen (secondary N) is 1. The third kappa shape index (κ3) is 2.50. The molecule has 116 valence electrons. The van der Waals surface area contributed by atoms with Crippen molar-refractivity contribution in [3.8, 4) is 5.75 Å². The van der Waals surface area contributed by atoms with Crippen molar-refractivity contribution < 1.29 is 9.26 Å². The molecule has 5 nitrogen and oxygen atoms in total. The smallest absolute Gasteiger partial charge is 0.229 e. The molecule has 22 heavy (non-hydrogen) atoms. The fraction of sp³-hybridized carbons (Fsp3) is 0.529. The summed E-state index contributed by atoms with van der Waals surface area (Å²) in [6, 6.07) is 8.49. The average molecular weight is 299 g/mol. The van der Waals surface area contributed by atoms with Crippen LogP contribution >= 0.6 is 0 Å². The fourth-order valence-corrected chi connectivity index (χ4v) is 3.13. The van der Waals surface area contributed by atoms with E-state index in [1.807, 2.05) is 12.1 Å².